The van der Waals surface area contributed by atoms with E-state index in [1.165, 1.54) is 11.1 Å². The van der Waals surface area contributed by atoms with Gasteiger partial charge in [-0.05, 0) is 56.9 Å². The SMILES string of the molecule is CC.CC.Cc1c(SCc2ccc(C(C)C)cc2)oc2cccc(OC(C)(C)C)c2c1=O. The highest BCUT2D eigenvalue weighted by Gasteiger charge is 2.19. The molecule has 0 spiro atoms. The largest absolute Gasteiger partial charge is 0.487 e. The van der Waals surface area contributed by atoms with Crippen molar-refractivity contribution in [1.82, 2.24) is 0 Å². The normalized spacial score (nSPS) is 10.8. The molecule has 0 radical (unpaired) electrons. The van der Waals surface area contributed by atoms with E-state index in [1.54, 1.807) is 11.8 Å². The van der Waals surface area contributed by atoms with Crippen molar-refractivity contribution in [1.29, 1.82) is 0 Å². The first-order valence-corrected chi connectivity index (χ1v) is 12.6. The van der Waals surface area contributed by atoms with Gasteiger partial charge in [0.05, 0.1) is 0 Å². The first-order chi connectivity index (χ1) is 15.2. The van der Waals surface area contributed by atoms with Crippen LogP contribution in [0.2, 0.25) is 0 Å². The highest BCUT2D eigenvalue weighted by Crippen LogP contribution is 2.32. The van der Waals surface area contributed by atoms with E-state index in [0.717, 1.165) is 5.75 Å². The van der Waals surface area contributed by atoms with Crippen molar-refractivity contribution >= 4 is 22.7 Å². The molecule has 0 fully saturated rings. The van der Waals surface area contributed by atoms with Crippen molar-refractivity contribution in [2.24, 2.45) is 0 Å². The Morgan fingerprint density at radius 1 is 0.969 bits per heavy atom. The Balaban J connectivity index is 0.00000121. The van der Waals surface area contributed by atoms with E-state index in [1.807, 2.05) is 73.6 Å². The molecule has 0 N–H and O–H groups in total. The molecule has 0 unspecified atom stereocenters. The molecule has 3 rings (SSSR count). The van der Waals surface area contributed by atoms with Crippen LogP contribution >= 0.6 is 11.8 Å². The molecule has 1 aromatic heterocycles. The lowest BCUT2D eigenvalue weighted by Crippen LogP contribution is -2.24. The summed E-state index contributed by atoms with van der Waals surface area (Å²) in [5.41, 5.74) is 3.31. The molecule has 0 amide bonds. The van der Waals surface area contributed by atoms with Crippen LogP contribution in [0.3, 0.4) is 0 Å². The lowest BCUT2D eigenvalue weighted by molar-refractivity contribution is 0.133. The third-order valence-corrected chi connectivity index (χ3v) is 5.63. The van der Waals surface area contributed by atoms with Crippen molar-refractivity contribution in [2.45, 2.75) is 91.6 Å². The van der Waals surface area contributed by atoms with E-state index in [9.17, 15) is 4.79 Å². The van der Waals surface area contributed by atoms with Crippen molar-refractivity contribution in [3.8, 4) is 5.75 Å². The van der Waals surface area contributed by atoms with Crippen LogP contribution in [-0.4, -0.2) is 5.60 Å². The smallest absolute Gasteiger partial charge is 0.200 e. The van der Waals surface area contributed by atoms with Crippen LogP contribution in [0.15, 0.2) is 56.8 Å². The van der Waals surface area contributed by atoms with Gasteiger partial charge in [0.25, 0.3) is 0 Å². The highest BCUT2D eigenvalue weighted by atomic mass is 32.2. The third kappa shape index (κ3) is 7.44. The van der Waals surface area contributed by atoms with E-state index >= 15 is 0 Å². The van der Waals surface area contributed by atoms with Crippen molar-refractivity contribution in [2.75, 3.05) is 0 Å². The Hall–Kier alpha value is -2.20. The third-order valence-electron chi connectivity index (χ3n) is 4.50. The van der Waals surface area contributed by atoms with Crippen LogP contribution in [0.5, 0.6) is 5.75 Å². The maximum atomic E-state index is 13.0. The zero-order valence-electron chi connectivity index (χ0n) is 21.5. The average Bonchev–Trinajstić information content (AvgIpc) is 2.77. The fourth-order valence-corrected chi connectivity index (χ4v) is 3.92. The molecule has 0 atom stereocenters. The predicted molar refractivity (Wildman–Crippen MR) is 140 cm³/mol. The van der Waals surface area contributed by atoms with Gasteiger partial charge in [-0.1, -0.05) is 83.6 Å². The van der Waals surface area contributed by atoms with Crippen LogP contribution in [0.4, 0.5) is 0 Å². The summed E-state index contributed by atoms with van der Waals surface area (Å²) in [5.74, 6) is 1.85. The van der Waals surface area contributed by atoms with Gasteiger partial charge in [-0.3, -0.25) is 4.79 Å². The van der Waals surface area contributed by atoms with Gasteiger partial charge in [0.15, 0.2) is 5.09 Å². The standard InChI is InChI=1S/C24H28O3S.2C2H6/c1-15(2)18-12-10-17(11-13-18)14-28-23-16(3)22(25)21-19(26-23)8-7-9-20(21)27-24(4,5)6;2*1-2/h7-13,15H,14H2,1-6H3;2*1-2H3. The van der Waals surface area contributed by atoms with Crippen molar-refractivity contribution < 1.29 is 9.15 Å². The van der Waals surface area contributed by atoms with E-state index < -0.39 is 0 Å². The van der Waals surface area contributed by atoms with Gasteiger partial charge in [0, 0.05) is 11.3 Å². The predicted octanol–water partition coefficient (Wildman–Crippen LogP) is 8.75. The molecule has 0 aliphatic heterocycles. The first kappa shape index (κ1) is 27.8. The lowest BCUT2D eigenvalue weighted by atomic mass is 10.0. The van der Waals surface area contributed by atoms with E-state index in [0.29, 0.717) is 33.3 Å². The van der Waals surface area contributed by atoms with Crippen molar-refractivity contribution in [3.05, 3.63) is 69.4 Å². The summed E-state index contributed by atoms with van der Waals surface area (Å²) in [5, 5.41) is 1.18. The number of rotatable bonds is 5. The molecular formula is C28H40O3S. The van der Waals surface area contributed by atoms with Crippen LogP contribution in [0.25, 0.3) is 11.0 Å². The number of hydrogen-bond donors (Lipinski definition) is 0. The minimum absolute atomic E-state index is 0.0289. The fourth-order valence-electron chi connectivity index (χ4n) is 2.98. The Morgan fingerprint density at radius 2 is 1.56 bits per heavy atom. The topological polar surface area (TPSA) is 39.4 Å². The Kier molecular flexibility index (Phi) is 11.1. The highest BCUT2D eigenvalue weighted by molar-refractivity contribution is 7.98. The number of thioether (sulfide) groups is 1. The minimum Gasteiger partial charge on any atom is -0.487 e. The van der Waals surface area contributed by atoms with Gasteiger partial charge in [-0.15, -0.1) is 0 Å². The molecule has 2 aromatic carbocycles. The second kappa shape index (κ2) is 12.7. The van der Waals surface area contributed by atoms with Crippen LogP contribution in [0.1, 0.15) is 84.9 Å². The molecule has 3 aromatic rings. The van der Waals surface area contributed by atoms with Gasteiger partial charge < -0.3 is 9.15 Å². The fraction of sp³-hybridized carbons (Fsp3) is 0.464. The summed E-state index contributed by atoms with van der Waals surface area (Å²) in [7, 11) is 0. The number of ether oxygens (including phenoxy) is 1. The maximum Gasteiger partial charge on any atom is 0.200 e. The quantitative estimate of drug-likeness (QED) is 0.360. The summed E-state index contributed by atoms with van der Waals surface area (Å²) in [6.45, 7) is 20.1. The van der Waals surface area contributed by atoms with Crippen LogP contribution in [-0.2, 0) is 5.75 Å². The molecule has 176 valence electrons. The van der Waals surface area contributed by atoms with E-state index in [2.05, 4.69) is 38.1 Å². The van der Waals surface area contributed by atoms with Gasteiger partial charge in [0.1, 0.15) is 22.3 Å². The average molecular weight is 457 g/mol. The molecule has 3 nitrogen and oxygen atoms in total. The Labute approximate surface area is 198 Å². The van der Waals surface area contributed by atoms with E-state index in [4.69, 9.17) is 9.15 Å². The van der Waals surface area contributed by atoms with Gasteiger partial charge >= 0.3 is 0 Å². The summed E-state index contributed by atoms with van der Waals surface area (Å²) in [4.78, 5) is 13.0. The summed E-state index contributed by atoms with van der Waals surface area (Å²) in [6, 6.07) is 14.1. The van der Waals surface area contributed by atoms with Gasteiger partial charge in [-0.25, -0.2) is 0 Å². The zero-order chi connectivity index (χ0) is 24.5. The molecule has 0 saturated heterocycles. The molecule has 0 aliphatic rings. The second-order valence-corrected chi connectivity index (χ2v) is 9.32. The molecule has 1 heterocycles. The van der Waals surface area contributed by atoms with Crippen LogP contribution in [0, 0.1) is 6.92 Å². The maximum absolute atomic E-state index is 13.0. The Morgan fingerprint density at radius 3 is 2.09 bits per heavy atom. The molecule has 0 aliphatic carbocycles. The van der Waals surface area contributed by atoms with Crippen LogP contribution < -0.4 is 10.2 Å². The number of benzene rings is 2. The van der Waals surface area contributed by atoms with Gasteiger partial charge in [0.2, 0.25) is 5.43 Å². The second-order valence-electron chi connectivity index (χ2n) is 8.37. The molecule has 0 saturated carbocycles. The monoisotopic (exact) mass is 456 g/mol. The zero-order valence-corrected chi connectivity index (χ0v) is 22.3. The first-order valence-electron chi connectivity index (χ1n) is 11.6. The summed E-state index contributed by atoms with van der Waals surface area (Å²) < 4.78 is 12.1. The molecular weight excluding hydrogens is 416 g/mol. The van der Waals surface area contributed by atoms with Gasteiger partial charge in [-0.2, -0.15) is 0 Å². The minimum atomic E-state index is -0.385. The molecule has 32 heavy (non-hydrogen) atoms. The number of fused-ring (bicyclic) bond motifs is 1. The van der Waals surface area contributed by atoms with E-state index in [-0.39, 0.29) is 11.0 Å². The molecule has 4 heteroatoms. The lowest BCUT2D eigenvalue weighted by Gasteiger charge is -2.22. The summed E-state index contributed by atoms with van der Waals surface area (Å²) >= 11 is 1.55. The number of hydrogen-bond acceptors (Lipinski definition) is 4. The summed E-state index contributed by atoms with van der Waals surface area (Å²) in [6.07, 6.45) is 0. The Bertz CT molecular complexity index is 1030. The van der Waals surface area contributed by atoms with Crippen molar-refractivity contribution in [3.63, 3.8) is 0 Å². The molecule has 0 bridgehead atoms.